The summed E-state index contributed by atoms with van der Waals surface area (Å²) in [4.78, 5) is 16.2. The van der Waals surface area contributed by atoms with Crippen molar-refractivity contribution in [2.45, 2.75) is 20.8 Å². The Balaban J connectivity index is 2.32. The average molecular weight is 285 g/mol. The van der Waals surface area contributed by atoms with Crippen LogP contribution in [0.5, 0.6) is 5.75 Å². The number of carbonyl (C=O) groups is 1. The van der Waals surface area contributed by atoms with Crippen molar-refractivity contribution in [1.29, 1.82) is 0 Å². The van der Waals surface area contributed by atoms with Crippen LogP contribution >= 0.6 is 0 Å². The summed E-state index contributed by atoms with van der Waals surface area (Å²) in [7, 11) is 0. The first-order valence-corrected chi connectivity index (χ1v) is 7.03. The highest BCUT2D eigenvalue weighted by Gasteiger charge is 2.11. The normalized spacial score (nSPS) is 10.2. The lowest BCUT2D eigenvalue weighted by Gasteiger charge is -2.08. The minimum atomic E-state index is -0.395. The number of hydrogen-bond donors (Lipinski definition) is 0. The number of rotatable bonds is 5. The molecule has 1 aromatic heterocycles. The third kappa shape index (κ3) is 3.81. The quantitative estimate of drug-likeness (QED) is 0.787. The van der Waals surface area contributed by atoms with Crippen molar-refractivity contribution < 1.29 is 14.3 Å². The van der Waals surface area contributed by atoms with Crippen molar-refractivity contribution in [3.05, 3.63) is 47.7 Å². The molecule has 4 nitrogen and oxygen atoms in total. The van der Waals surface area contributed by atoms with Crippen LogP contribution in [-0.4, -0.2) is 24.2 Å². The van der Waals surface area contributed by atoms with Gasteiger partial charge in [0.05, 0.1) is 18.9 Å². The van der Waals surface area contributed by atoms with Crippen LogP contribution in [0, 0.1) is 6.92 Å². The van der Waals surface area contributed by atoms with Gasteiger partial charge in [-0.1, -0.05) is 0 Å². The molecule has 0 atom stereocenters. The maximum absolute atomic E-state index is 11.8. The van der Waals surface area contributed by atoms with E-state index in [0.717, 1.165) is 22.6 Å². The standard InChI is InChI=1S/C17H19NO3/c1-4-20-14-8-6-13(7-9-14)15-10-12(3)11-16(18-15)17(19)21-5-2/h6-11H,4-5H2,1-3H3. The molecule has 21 heavy (non-hydrogen) atoms. The average Bonchev–Trinajstić information content (AvgIpc) is 2.48. The Hall–Kier alpha value is -2.36. The summed E-state index contributed by atoms with van der Waals surface area (Å²) in [5.74, 6) is 0.424. The molecular weight excluding hydrogens is 266 g/mol. The summed E-state index contributed by atoms with van der Waals surface area (Å²) in [6.45, 7) is 6.63. The van der Waals surface area contributed by atoms with Gasteiger partial charge in [0, 0.05) is 5.56 Å². The number of esters is 1. The molecule has 2 aromatic rings. The highest BCUT2D eigenvalue weighted by molar-refractivity contribution is 5.88. The molecule has 0 saturated heterocycles. The van der Waals surface area contributed by atoms with E-state index in [0.29, 0.717) is 18.9 Å². The molecule has 0 amide bonds. The van der Waals surface area contributed by atoms with E-state index in [1.54, 1.807) is 13.0 Å². The molecule has 0 saturated carbocycles. The molecule has 0 bridgehead atoms. The van der Waals surface area contributed by atoms with Gasteiger partial charge in [0.2, 0.25) is 0 Å². The number of pyridine rings is 1. The van der Waals surface area contributed by atoms with Gasteiger partial charge < -0.3 is 9.47 Å². The Morgan fingerprint density at radius 3 is 2.43 bits per heavy atom. The monoisotopic (exact) mass is 285 g/mol. The van der Waals surface area contributed by atoms with Gasteiger partial charge in [0.15, 0.2) is 0 Å². The summed E-state index contributed by atoms with van der Waals surface area (Å²) in [5, 5.41) is 0. The molecule has 0 aliphatic carbocycles. The fourth-order valence-electron chi connectivity index (χ4n) is 2.01. The molecule has 0 radical (unpaired) electrons. The first-order valence-electron chi connectivity index (χ1n) is 7.03. The third-order valence-electron chi connectivity index (χ3n) is 2.92. The second kappa shape index (κ2) is 6.88. The van der Waals surface area contributed by atoms with E-state index in [4.69, 9.17) is 9.47 Å². The van der Waals surface area contributed by atoms with Crippen LogP contribution in [0.15, 0.2) is 36.4 Å². The van der Waals surface area contributed by atoms with E-state index in [1.807, 2.05) is 44.2 Å². The van der Waals surface area contributed by atoms with Crippen LogP contribution in [0.1, 0.15) is 29.9 Å². The highest BCUT2D eigenvalue weighted by atomic mass is 16.5. The van der Waals surface area contributed by atoms with E-state index in [9.17, 15) is 4.79 Å². The van der Waals surface area contributed by atoms with Gasteiger partial charge in [-0.05, 0) is 62.7 Å². The topological polar surface area (TPSA) is 48.4 Å². The van der Waals surface area contributed by atoms with Crippen LogP contribution in [0.3, 0.4) is 0 Å². The van der Waals surface area contributed by atoms with Crippen molar-refractivity contribution in [2.24, 2.45) is 0 Å². The SMILES string of the molecule is CCOC(=O)c1cc(C)cc(-c2ccc(OCC)cc2)n1. The summed E-state index contributed by atoms with van der Waals surface area (Å²) in [6.07, 6.45) is 0. The molecule has 0 unspecified atom stereocenters. The number of aromatic nitrogens is 1. The predicted octanol–water partition coefficient (Wildman–Crippen LogP) is 3.63. The Morgan fingerprint density at radius 1 is 1.10 bits per heavy atom. The zero-order valence-corrected chi connectivity index (χ0v) is 12.6. The van der Waals surface area contributed by atoms with Gasteiger partial charge in [0.25, 0.3) is 0 Å². The number of nitrogens with zero attached hydrogens (tertiary/aromatic N) is 1. The second-order valence-electron chi connectivity index (χ2n) is 4.59. The van der Waals surface area contributed by atoms with Gasteiger partial charge in [-0.3, -0.25) is 0 Å². The van der Waals surface area contributed by atoms with Gasteiger partial charge in [-0.25, -0.2) is 9.78 Å². The molecule has 1 heterocycles. The zero-order valence-electron chi connectivity index (χ0n) is 12.6. The molecule has 0 spiro atoms. The molecule has 0 N–H and O–H groups in total. The number of ether oxygens (including phenoxy) is 2. The Morgan fingerprint density at radius 2 is 1.81 bits per heavy atom. The van der Waals surface area contributed by atoms with E-state index in [-0.39, 0.29) is 0 Å². The minimum Gasteiger partial charge on any atom is -0.494 e. The molecular formula is C17H19NO3. The van der Waals surface area contributed by atoms with Crippen molar-refractivity contribution in [3.8, 4) is 17.0 Å². The molecule has 2 rings (SSSR count). The first kappa shape index (κ1) is 15.0. The van der Waals surface area contributed by atoms with Crippen LogP contribution in [0.4, 0.5) is 0 Å². The van der Waals surface area contributed by atoms with Gasteiger partial charge >= 0.3 is 5.97 Å². The molecule has 0 aliphatic heterocycles. The van der Waals surface area contributed by atoms with Gasteiger partial charge in [0.1, 0.15) is 11.4 Å². The molecule has 1 aromatic carbocycles. The summed E-state index contributed by atoms with van der Waals surface area (Å²) < 4.78 is 10.4. The van der Waals surface area contributed by atoms with Crippen LogP contribution < -0.4 is 4.74 Å². The molecule has 0 fully saturated rings. The van der Waals surface area contributed by atoms with Crippen molar-refractivity contribution in [1.82, 2.24) is 4.98 Å². The largest absolute Gasteiger partial charge is 0.494 e. The van der Waals surface area contributed by atoms with Crippen molar-refractivity contribution >= 4 is 5.97 Å². The first-order chi connectivity index (χ1) is 10.1. The van der Waals surface area contributed by atoms with Crippen molar-refractivity contribution in [3.63, 3.8) is 0 Å². The second-order valence-corrected chi connectivity index (χ2v) is 4.59. The molecule has 0 aliphatic rings. The summed E-state index contributed by atoms with van der Waals surface area (Å²) >= 11 is 0. The van der Waals surface area contributed by atoms with Crippen molar-refractivity contribution in [2.75, 3.05) is 13.2 Å². The summed E-state index contributed by atoms with van der Waals surface area (Å²) in [5.41, 5.74) is 2.99. The number of benzene rings is 1. The van der Waals surface area contributed by atoms with E-state index < -0.39 is 5.97 Å². The number of hydrogen-bond acceptors (Lipinski definition) is 4. The Labute approximate surface area is 124 Å². The Bertz CT molecular complexity index is 620. The lowest BCUT2D eigenvalue weighted by atomic mass is 10.1. The number of carbonyl (C=O) groups excluding carboxylic acids is 1. The van der Waals surface area contributed by atoms with Crippen LogP contribution in [0.25, 0.3) is 11.3 Å². The number of aryl methyl sites for hydroxylation is 1. The minimum absolute atomic E-state index is 0.334. The van der Waals surface area contributed by atoms with Crippen LogP contribution in [-0.2, 0) is 4.74 Å². The van der Waals surface area contributed by atoms with Gasteiger partial charge in [-0.2, -0.15) is 0 Å². The van der Waals surface area contributed by atoms with E-state index >= 15 is 0 Å². The van der Waals surface area contributed by atoms with Crippen LogP contribution in [0.2, 0.25) is 0 Å². The highest BCUT2D eigenvalue weighted by Crippen LogP contribution is 2.22. The molecule has 4 heteroatoms. The third-order valence-corrected chi connectivity index (χ3v) is 2.92. The maximum atomic E-state index is 11.8. The lowest BCUT2D eigenvalue weighted by molar-refractivity contribution is 0.0519. The Kier molecular flexibility index (Phi) is 4.93. The smallest absolute Gasteiger partial charge is 0.356 e. The van der Waals surface area contributed by atoms with E-state index in [2.05, 4.69) is 4.98 Å². The fraction of sp³-hybridized carbons (Fsp3) is 0.294. The predicted molar refractivity (Wildman–Crippen MR) is 81.5 cm³/mol. The fourth-order valence-corrected chi connectivity index (χ4v) is 2.01. The zero-order chi connectivity index (χ0) is 15.2. The summed E-state index contributed by atoms with van der Waals surface area (Å²) in [6, 6.07) is 11.3. The van der Waals surface area contributed by atoms with Gasteiger partial charge in [-0.15, -0.1) is 0 Å². The van der Waals surface area contributed by atoms with E-state index in [1.165, 1.54) is 0 Å². The maximum Gasteiger partial charge on any atom is 0.356 e. The molecule has 110 valence electrons. The lowest BCUT2D eigenvalue weighted by Crippen LogP contribution is -2.08.